The Bertz CT molecular complexity index is 189. The Morgan fingerprint density at radius 3 is 2.57 bits per heavy atom. The van der Waals surface area contributed by atoms with Crippen molar-refractivity contribution in [2.45, 2.75) is 26.3 Å². The summed E-state index contributed by atoms with van der Waals surface area (Å²) in [6.45, 7) is 5.85. The van der Waals surface area contributed by atoms with Crippen molar-refractivity contribution in [3.63, 3.8) is 0 Å². The average Bonchev–Trinajstić information content (AvgIpc) is 2.27. The van der Waals surface area contributed by atoms with E-state index < -0.39 is 0 Å². The third-order valence-electron chi connectivity index (χ3n) is 2.86. The summed E-state index contributed by atoms with van der Waals surface area (Å²) >= 11 is 1.91. The number of amides is 1. The first kappa shape index (κ1) is 11.9. The Kier molecular flexibility index (Phi) is 4.75. The lowest BCUT2D eigenvalue weighted by atomic mass is 9.99. The molecule has 1 amide bonds. The van der Waals surface area contributed by atoms with Gasteiger partial charge in [-0.3, -0.25) is 4.79 Å². The molecule has 0 aliphatic carbocycles. The van der Waals surface area contributed by atoms with E-state index in [1.54, 1.807) is 0 Å². The van der Waals surface area contributed by atoms with Crippen LogP contribution in [0.5, 0.6) is 0 Å². The molecule has 1 aliphatic rings. The normalized spacial score (nSPS) is 21.8. The van der Waals surface area contributed by atoms with E-state index >= 15 is 0 Å². The molecule has 0 bridgehead atoms. The Morgan fingerprint density at radius 1 is 1.50 bits per heavy atom. The Morgan fingerprint density at radius 2 is 2.07 bits per heavy atom. The summed E-state index contributed by atoms with van der Waals surface area (Å²) < 4.78 is 0. The summed E-state index contributed by atoms with van der Waals surface area (Å²) in [5.41, 5.74) is 5.90. The summed E-state index contributed by atoms with van der Waals surface area (Å²) in [6, 6.07) is -0.303. The van der Waals surface area contributed by atoms with Crippen LogP contribution < -0.4 is 5.73 Å². The van der Waals surface area contributed by atoms with Gasteiger partial charge < -0.3 is 10.6 Å². The number of hydrogen-bond donors (Lipinski definition) is 1. The van der Waals surface area contributed by atoms with Gasteiger partial charge in [0.1, 0.15) is 0 Å². The molecule has 0 aromatic rings. The molecule has 3 nitrogen and oxygen atoms in total. The topological polar surface area (TPSA) is 46.3 Å². The second kappa shape index (κ2) is 5.61. The molecule has 82 valence electrons. The monoisotopic (exact) mass is 216 g/mol. The van der Waals surface area contributed by atoms with Crippen molar-refractivity contribution in [2.75, 3.05) is 24.6 Å². The standard InChI is InChI=1S/C10H20N2OS/c1-3-8(2)9(11)10(13)12-4-6-14-7-5-12/h8-9H,3-7,11H2,1-2H3/t8-,9-/m0/s1. The quantitative estimate of drug-likeness (QED) is 0.763. The molecule has 1 fully saturated rings. The summed E-state index contributed by atoms with van der Waals surface area (Å²) in [6.07, 6.45) is 0.968. The largest absolute Gasteiger partial charge is 0.340 e. The van der Waals surface area contributed by atoms with E-state index in [0.29, 0.717) is 0 Å². The fourth-order valence-electron chi connectivity index (χ4n) is 1.49. The molecule has 2 atom stereocenters. The maximum absolute atomic E-state index is 11.9. The second-order valence-corrected chi connectivity index (χ2v) is 5.07. The van der Waals surface area contributed by atoms with Gasteiger partial charge >= 0.3 is 0 Å². The molecule has 4 heteroatoms. The second-order valence-electron chi connectivity index (χ2n) is 3.85. The van der Waals surface area contributed by atoms with Crippen LogP contribution in [0.2, 0.25) is 0 Å². The van der Waals surface area contributed by atoms with Crippen LogP contribution in [0.4, 0.5) is 0 Å². The summed E-state index contributed by atoms with van der Waals surface area (Å²) in [5.74, 6) is 2.54. The van der Waals surface area contributed by atoms with Crippen LogP contribution in [-0.2, 0) is 4.79 Å². The maximum Gasteiger partial charge on any atom is 0.239 e. The highest BCUT2D eigenvalue weighted by Gasteiger charge is 2.25. The molecule has 2 N–H and O–H groups in total. The third kappa shape index (κ3) is 2.89. The number of hydrogen-bond acceptors (Lipinski definition) is 3. The summed E-state index contributed by atoms with van der Waals surface area (Å²) in [5, 5.41) is 0. The smallest absolute Gasteiger partial charge is 0.239 e. The van der Waals surface area contributed by atoms with Gasteiger partial charge in [-0.25, -0.2) is 0 Å². The molecule has 0 radical (unpaired) electrons. The SMILES string of the molecule is CC[C@H](C)[C@H](N)C(=O)N1CCSCC1. The summed E-state index contributed by atoms with van der Waals surface area (Å²) in [4.78, 5) is 13.8. The zero-order chi connectivity index (χ0) is 10.6. The fraction of sp³-hybridized carbons (Fsp3) is 0.900. The fourth-order valence-corrected chi connectivity index (χ4v) is 2.39. The molecular weight excluding hydrogens is 196 g/mol. The zero-order valence-corrected chi connectivity index (χ0v) is 9.85. The molecule has 1 saturated heterocycles. The first-order valence-electron chi connectivity index (χ1n) is 5.29. The minimum absolute atomic E-state index is 0.139. The third-order valence-corrected chi connectivity index (χ3v) is 3.81. The minimum Gasteiger partial charge on any atom is -0.340 e. The Balaban J connectivity index is 2.46. The zero-order valence-electron chi connectivity index (χ0n) is 9.03. The number of carbonyl (C=O) groups is 1. The lowest BCUT2D eigenvalue weighted by Gasteiger charge is -2.30. The van der Waals surface area contributed by atoms with Crippen LogP contribution >= 0.6 is 11.8 Å². The van der Waals surface area contributed by atoms with Gasteiger partial charge in [0.15, 0.2) is 0 Å². The van der Waals surface area contributed by atoms with Crippen molar-refractivity contribution < 1.29 is 4.79 Å². The van der Waals surface area contributed by atoms with Gasteiger partial charge in [-0.05, 0) is 5.92 Å². The van der Waals surface area contributed by atoms with Gasteiger partial charge in [-0.2, -0.15) is 11.8 Å². The first-order chi connectivity index (χ1) is 6.66. The lowest BCUT2D eigenvalue weighted by Crippen LogP contribution is -2.49. The number of nitrogens with zero attached hydrogens (tertiary/aromatic N) is 1. The predicted octanol–water partition coefficient (Wildman–Crippen LogP) is 0.935. The highest BCUT2D eigenvalue weighted by atomic mass is 32.2. The highest BCUT2D eigenvalue weighted by Crippen LogP contribution is 2.13. The Labute approximate surface area is 90.4 Å². The van der Waals surface area contributed by atoms with E-state index in [1.165, 1.54) is 0 Å². The van der Waals surface area contributed by atoms with E-state index in [2.05, 4.69) is 6.92 Å². The van der Waals surface area contributed by atoms with E-state index in [9.17, 15) is 4.79 Å². The molecule has 1 heterocycles. The molecule has 1 aliphatic heterocycles. The lowest BCUT2D eigenvalue weighted by molar-refractivity contribution is -0.133. The average molecular weight is 216 g/mol. The van der Waals surface area contributed by atoms with Crippen LogP contribution in [-0.4, -0.2) is 41.4 Å². The Hall–Kier alpha value is -0.220. The van der Waals surface area contributed by atoms with Crippen molar-refractivity contribution >= 4 is 17.7 Å². The van der Waals surface area contributed by atoms with Gasteiger partial charge in [-0.1, -0.05) is 20.3 Å². The number of carbonyl (C=O) groups excluding carboxylic acids is 1. The van der Waals surface area contributed by atoms with Crippen molar-refractivity contribution in [1.29, 1.82) is 0 Å². The van der Waals surface area contributed by atoms with Crippen LogP contribution in [0, 0.1) is 5.92 Å². The van der Waals surface area contributed by atoms with Crippen LogP contribution in [0.15, 0.2) is 0 Å². The molecule has 0 aromatic carbocycles. The molecule has 14 heavy (non-hydrogen) atoms. The van der Waals surface area contributed by atoms with Crippen LogP contribution in [0.1, 0.15) is 20.3 Å². The molecule has 0 unspecified atom stereocenters. The van der Waals surface area contributed by atoms with Crippen molar-refractivity contribution in [3.8, 4) is 0 Å². The number of nitrogens with two attached hydrogens (primary N) is 1. The van der Waals surface area contributed by atoms with E-state index in [-0.39, 0.29) is 17.9 Å². The number of rotatable bonds is 3. The van der Waals surface area contributed by atoms with Crippen LogP contribution in [0.25, 0.3) is 0 Å². The summed E-state index contributed by atoms with van der Waals surface area (Å²) in [7, 11) is 0. The molecule has 0 saturated carbocycles. The maximum atomic E-state index is 11.9. The van der Waals surface area contributed by atoms with Gasteiger partial charge in [0, 0.05) is 24.6 Å². The highest BCUT2D eigenvalue weighted by molar-refractivity contribution is 7.99. The molecular formula is C10H20N2OS. The molecule has 0 spiro atoms. The van der Waals surface area contributed by atoms with Gasteiger partial charge in [0.2, 0.25) is 5.91 Å². The molecule has 1 rings (SSSR count). The minimum atomic E-state index is -0.303. The van der Waals surface area contributed by atoms with Gasteiger partial charge in [0.05, 0.1) is 6.04 Å². The van der Waals surface area contributed by atoms with Crippen molar-refractivity contribution in [3.05, 3.63) is 0 Å². The van der Waals surface area contributed by atoms with Crippen molar-refractivity contribution in [2.24, 2.45) is 11.7 Å². The first-order valence-corrected chi connectivity index (χ1v) is 6.44. The van der Waals surface area contributed by atoms with Gasteiger partial charge in [-0.15, -0.1) is 0 Å². The van der Waals surface area contributed by atoms with E-state index in [1.807, 2.05) is 23.6 Å². The van der Waals surface area contributed by atoms with Crippen molar-refractivity contribution in [1.82, 2.24) is 4.90 Å². The van der Waals surface area contributed by atoms with E-state index in [4.69, 9.17) is 5.73 Å². The van der Waals surface area contributed by atoms with Gasteiger partial charge in [0.25, 0.3) is 0 Å². The van der Waals surface area contributed by atoms with E-state index in [0.717, 1.165) is 31.0 Å². The number of thioether (sulfide) groups is 1. The molecule has 0 aromatic heterocycles. The predicted molar refractivity (Wildman–Crippen MR) is 61.3 cm³/mol. The van der Waals surface area contributed by atoms with Crippen LogP contribution in [0.3, 0.4) is 0 Å².